The minimum Gasteiger partial charge on any atom is -0.362 e. The quantitative estimate of drug-likeness (QED) is 0.631. The van der Waals surface area contributed by atoms with Crippen LogP contribution >= 0.6 is 0 Å². The number of nitrogens with one attached hydrogen (secondary N) is 1. The van der Waals surface area contributed by atoms with Crippen LogP contribution in [0.2, 0.25) is 0 Å². The summed E-state index contributed by atoms with van der Waals surface area (Å²) in [6.45, 7) is 2.58. The molecule has 27 heavy (non-hydrogen) atoms. The van der Waals surface area contributed by atoms with E-state index in [4.69, 9.17) is 0 Å². The Morgan fingerprint density at radius 3 is 2.41 bits per heavy atom. The van der Waals surface area contributed by atoms with Gasteiger partial charge in [-0.3, -0.25) is 14.9 Å². The van der Waals surface area contributed by atoms with Crippen LogP contribution in [-0.2, 0) is 0 Å². The van der Waals surface area contributed by atoms with Crippen molar-refractivity contribution in [3.05, 3.63) is 52.3 Å². The number of carbonyl (C=O) groups excluding carboxylic acids is 1. The summed E-state index contributed by atoms with van der Waals surface area (Å²) in [5, 5.41) is 14.4. The molecule has 1 N–H and O–H groups in total. The highest BCUT2D eigenvalue weighted by molar-refractivity contribution is 5.96. The Kier molecular flexibility index (Phi) is 4.57. The maximum absolute atomic E-state index is 12.2. The van der Waals surface area contributed by atoms with Gasteiger partial charge in [-0.2, -0.15) is 0 Å². The average molecular weight is 368 g/mol. The molecule has 1 saturated carbocycles. The molecule has 1 aromatic carbocycles. The maximum atomic E-state index is 12.2. The summed E-state index contributed by atoms with van der Waals surface area (Å²) in [6, 6.07) is 6.69. The normalized spacial score (nSPS) is 16.9. The summed E-state index contributed by atoms with van der Waals surface area (Å²) >= 11 is 0. The van der Waals surface area contributed by atoms with E-state index in [2.05, 4.69) is 20.2 Å². The number of carbonyl (C=O) groups is 1. The number of amides is 1. The second-order valence-electron chi connectivity index (χ2n) is 6.73. The van der Waals surface area contributed by atoms with E-state index in [0.29, 0.717) is 43.4 Å². The van der Waals surface area contributed by atoms with Gasteiger partial charge in [0.15, 0.2) is 0 Å². The predicted octanol–water partition coefficient (Wildman–Crippen LogP) is 1.60. The number of piperazine rings is 1. The largest absolute Gasteiger partial charge is 0.362 e. The molecule has 2 fully saturated rings. The number of nitro groups is 1. The van der Waals surface area contributed by atoms with E-state index >= 15 is 0 Å². The van der Waals surface area contributed by atoms with Gasteiger partial charge in [0.05, 0.1) is 4.92 Å². The molecule has 1 amide bonds. The standard InChI is InChI=1S/C18H20N6O3/c25-17(21-14-3-4-14)13-2-5-15(16(12-13)24(26)27)22-8-10-23(11-9-22)18-19-6-1-7-20-18/h1-2,5-7,12,14H,3-4,8-11H2,(H,21,25). The number of anilines is 2. The highest BCUT2D eigenvalue weighted by Gasteiger charge is 2.28. The van der Waals surface area contributed by atoms with Crippen molar-refractivity contribution in [1.82, 2.24) is 15.3 Å². The lowest BCUT2D eigenvalue weighted by molar-refractivity contribution is -0.384. The summed E-state index contributed by atoms with van der Waals surface area (Å²) in [5.74, 6) is 0.414. The molecule has 140 valence electrons. The van der Waals surface area contributed by atoms with Gasteiger partial charge in [0.2, 0.25) is 5.95 Å². The summed E-state index contributed by atoms with van der Waals surface area (Å²) in [5.41, 5.74) is 0.827. The molecule has 1 aromatic heterocycles. The van der Waals surface area contributed by atoms with Crippen LogP contribution in [0.5, 0.6) is 0 Å². The molecule has 4 rings (SSSR count). The van der Waals surface area contributed by atoms with Gasteiger partial charge in [0.1, 0.15) is 5.69 Å². The predicted molar refractivity (Wildman–Crippen MR) is 100 cm³/mol. The highest BCUT2D eigenvalue weighted by Crippen LogP contribution is 2.31. The van der Waals surface area contributed by atoms with Crippen molar-refractivity contribution in [2.45, 2.75) is 18.9 Å². The van der Waals surface area contributed by atoms with Crippen molar-refractivity contribution in [1.29, 1.82) is 0 Å². The van der Waals surface area contributed by atoms with Gasteiger partial charge >= 0.3 is 0 Å². The molecule has 1 aliphatic heterocycles. The van der Waals surface area contributed by atoms with Crippen LogP contribution in [0.3, 0.4) is 0 Å². The fourth-order valence-electron chi connectivity index (χ4n) is 3.18. The van der Waals surface area contributed by atoms with Crippen LogP contribution < -0.4 is 15.1 Å². The molecule has 2 heterocycles. The van der Waals surface area contributed by atoms with Gasteiger partial charge in [-0.05, 0) is 31.0 Å². The summed E-state index contributed by atoms with van der Waals surface area (Å²) < 4.78 is 0. The Bertz CT molecular complexity index is 847. The zero-order valence-electron chi connectivity index (χ0n) is 14.7. The fraction of sp³-hybridized carbons (Fsp3) is 0.389. The van der Waals surface area contributed by atoms with E-state index in [1.54, 1.807) is 30.6 Å². The highest BCUT2D eigenvalue weighted by atomic mass is 16.6. The third-order valence-corrected chi connectivity index (χ3v) is 4.80. The molecule has 1 aliphatic carbocycles. The summed E-state index contributed by atoms with van der Waals surface area (Å²) in [4.78, 5) is 35.9. The van der Waals surface area contributed by atoms with E-state index in [1.807, 2.05) is 4.90 Å². The second kappa shape index (κ2) is 7.18. The zero-order chi connectivity index (χ0) is 18.8. The smallest absolute Gasteiger partial charge is 0.293 e. The fourth-order valence-corrected chi connectivity index (χ4v) is 3.18. The SMILES string of the molecule is O=C(NC1CC1)c1ccc(N2CCN(c3ncccn3)CC2)c([N+](=O)[O-])c1. The van der Waals surface area contributed by atoms with E-state index in [9.17, 15) is 14.9 Å². The Labute approximate surface area is 156 Å². The maximum Gasteiger partial charge on any atom is 0.293 e. The number of nitrogens with zero attached hydrogens (tertiary/aromatic N) is 5. The van der Waals surface area contributed by atoms with Crippen molar-refractivity contribution in [3.8, 4) is 0 Å². The molecular weight excluding hydrogens is 348 g/mol. The zero-order valence-corrected chi connectivity index (χ0v) is 14.7. The second-order valence-corrected chi connectivity index (χ2v) is 6.73. The van der Waals surface area contributed by atoms with Crippen LogP contribution in [-0.4, -0.2) is 53.0 Å². The van der Waals surface area contributed by atoms with Crippen molar-refractivity contribution in [2.75, 3.05) is 36.0 Å². The van der Waals surface area contributed by atoms with Crippen LogP contribution in [0.4, 0.5) is 17.3 Å². The van der Waals surface area contributed by atoms with E-state index in [-0.39, 0.29) is 17.6 Å². The molecule has 9 heteroatoms. The Morgan fingerprint density at radius 2 is 1.78 bits per heavy atom. The third kappa shape index (κ3) is 3.81. The Morgan fingerprint density at radius 1 is 1.11 bits per heavy atom. The molecule has 0 atom stereocenters. The summed E-state index contributed by atoms with van der Waals surface area (Å²) in [7, 11) is 0. The first-order valence-electron chi connectivity index (χ1n) is 8.98. The van der Waals surface area contributed by atoms with Gasteiger partial charge in [-0.1, -0.05) is 0 Å². The monoisotopic (exact) mass is 368 g/mol. The van der Waals surface area contributed by atoms with Gasteiger partial charge in [-0.15, -0.1) is 0 Å². The van der Waals surface area contributed by atoms with E-state index < -0.39 is 4.92 Å². The molecule has 0 bridgehead atoms. The van der Waals surface area contributed by atoms with Crippen molar-refractivity contribution in [2.24, 2.45) is 0 Å². The van der Waals surface area contributed by atoms with Crippen LogP contribution in [0, 0.1) is 10.1 Å². The van der Waals surface area contributed by atoms with Crippen molar-refractivity contribution in [3.63, 3.8) is 0 Å². The Balaban J connectivity index is 1.49. The molecular formula is C18H20N6O3. The molecule has 9 nitrogen and oxygen atoms in total. The van der Waals surface area contributed by atoms with Gasteiger partial charge < -0.3 is 15.1 Å². The number of aromatic nitrogens is 2. The topological polar surface area (TPSA) is 104 Å². The van der Waals surface area contributed by atoms with Crippen LogP contribution in [0.15, 0.2) is 36.7 Å². The summed E-state index contributed by atoms with van der Waals surface area (Å²) in [6.07, 6.45) is 5.35. The first-order valence-corrected chi connectivity index (χ1v) is 8.98. The van der Waals surface area contributed by atoms with Crippen LogP contribution in [0.1, 0.15) is 23.2 Å². The van der Waals surface area contributed by atoms with E-state index in [0.717, 1.165) is 12.8 Å². The lowest BCUT2D eigenvalue weighted by atomic mass is 10.1. The number of hydrogen-bond acceptors (Lipinski definition) is 7. The molecule has 2 aromatic rings. The molecule has 0 radical (unpaired) electrons. The van der Waals surface area contributed by atoms with Crippen molar-refractivity contribution >= 4 is 23.2 Å². The lowest BCUT2D eigenvalue weighted by Gasteiger charge is -2.35. The molecule has 1 saturated heterocycles. The lowest BCUT2D eigenvalue weighted by Crippen LogP contribution is -2.47. The minimum atomic E-state index is -0.421. The van der Waals surface area contributed by atoms with Gasteiger partial charge in [0.25, 0.3) is 11.6 Å². The minimum absolute atomic E-state index is 0.0390. The number of benzene rings is 1. The molecule has 0 spiro atoms. The third-order valence-electron chi connectivity index (χ3n) is 4.80. The number of hydrogen-bond donors (Lipinski definition) is 1. The molecule has 0 unspecified atom stereocenters. The van der Waals surface area contributed by atoms with Crippen molar-refractivity contribution < 1.29 is 9.72 Å². The first-order chi connectivity index (χ1) is 13.1. The van der Waals surface area contributed by atoms with Crippen LogP contribution in [0.25, 0.3) is 0 Å². The number of nitro benzene ring substituents is 1. The van der Waals surface area contributed by atoms with E-state index in [1.165, 1.54) is 6.07 Å². The van der Waals surface area contributed by atoms with Gasteiger partial charge in [0, 0.05) is 56.2 Å². The average Bonchev–Trinajstić information content (AvgIpc) is 3.52. The first kappa shape index (κ1) is 17.2. The number of rotatable bonds is 5. The Hall–Kier alpha value is -3.23. The van der Waals surface area contributed by atoms with Gasteiger partial charge in [-0.25, -0.2) is 9.97 Å². The molecule has 2 aliphatic rings.